The van der Waals surface area contributed by atoms with E-state index in [1.165, 1.54) is 0 Å². The van der Waals surface area contributed by atoms with Crippen LogP contribution in [-0.2, 0) is 12.6 Å². The van der Waals surface area contributed by atoms with Crippen LogP contribution in [0.15, 0.2) is 42.5 Å². The fraction of sp³-hybridized carbons (Fsp3) is 0.250. The van der Waals surface area contributed by atoms with Gasteiger partial charge in [0.1, 0.15) is 5.82 Å². The van der Waals surface area contributed by atoms with Crippen molar-refractivity contribution in [2.75, 3.05) is 0 Å². The van der Waals surface area contributed by atoms with Crippen LogP contribution in [0, 0.1) is 12.7 Å². The van der Waals surface area contributed by atoms with Crippen molar-refractivity contribution in [2.45, 2.75) is 25.6 Å². The lowest BCUT2D eigenvalue weighted by molar-refractivity contribution is -0.140. The highest BCUT2D eigenvalue weighted by Crippen LogP contribution is 2.32. The minimum atomic E-state index is -4.73. The fourth-order valence-corrected chi connectivity index (χ4v) is 2.15. The molecule has 0 heterocycles. The molecule has 0 fully saturated rings. The first-order valence-electron chi connectivity index (χ1n) is 6.37. The normalized spacial score (nSPS) is 13.2. The summed E-state index contributed by atoms with van der Waals surface area (Å²) in [5, 5.41) is 10.0. The number of rotatable bonds is 3. The molecule has 0 aromatic heterocycles. The average molecular weight is 298 g/mol. The van der Waals surface area contributed by atoms with Crippen LogP contribution >= 0.6 is 0 Å². The predicted octanol–water partition coefficient (Wildman–Crippen LogP) is 4.43. The Morgan fingerprint density at radius 2 is 1.81 bits per heavy atom. The standard InChI is InChI=1S/C16H14F4O/c1-10-3-2-4-11(7-10)8-15(21)12-5-6-13(14(17)9-12)16(18,19)20/h2-7,9,15,21H,8H2,1H3. The zero-order valence-corrected chi connectivity index (χ0v) is 11.3. The van der Waals surface area contributed by atoms with Gasteiger partial charge in [0.05, 0.1) is 11.7 Å². The van der Waals surface area contributed by atoms with Crippen LogP contribution in [0.1, 0.15) is 28.4 Å². The number of aryl methyl sites for hydroxylation is 1. The lowest BCUT2D eigenvalue weighted by Gasteiger charge is -2.14. The zero-order valence-electron chi connectivity index (χ0n) is 11.3. The second-order valence-electron chi connectivity index (χ2n) is 4.95. The molecule has 1 unspecified atom stereocenters. The van der Waals surface area contributed by atoms with Crippen LogP contribution in [-0.4, -0.2) is 5.11 Å². The molecule has 0 radical (unpaired) electrons. The second-order valence-corrected chi connectivity index (χ2v) is 4.95. The van der Waals surface area contributed by atoms with Gasteiger partial charge in [-0.1, -0.05) is 35.9 Å². The largest absolute Gasteiger partial charge is 0.419 e. The Bertz CT molecular complexity index is 634. The Morgan fingerprint density at radius 1 is 1.10 bits per heavy atom. The third-order valence-corrected chi connectivity index (χ3v) is 3.19. The molecule has 0 aliphatic carbocycles. The van der Waals surface area contributed by atoms with Gasteiger partial charge in [-0.15, -0.1) is 0 Å². The Hall–Kier alpha value is -1.88. The van der Waals surface area contributed by atoms with E-state index in [-0.39, 0.29) is 12.0 Å². The van der Waals surface area contributed by atoms with Crippen molar-refractivity contribution in [3.05, 3.63) is 70.5 Å². The molecule has 0 spiro atoms. The van der Waals surface area contributed by atoms with Gasteiger partial charge in [-0.2, -0.15) is 13.2 Å². The predicted molar refractivity (Wildman–Crippen MR) is 71.2 cm³/mol. The molecule has 21 heavy (non-hydrogen) atoms. The van der Waals surface area contributed by atoms with Gasteiger partial charge in [0.2, 0.25) is 0 Å². The van der Waals surface area contributed by atoms with Crippen molar-refractivity contribution in [2.24, 2.45) is 0 Å². The molecular formula is C16H14F4O. The average Bonchev–Trinajstić information content (AvgIpc) is 2.37. The van der Waals surface area contributed by atoms with Crippen LogP contribution in [0.4, 0.5) is 17.6 Å². The number of hydrogen-bond acceptors (Lipinski definition) is 1. The number of benzene rings is 2. The Morgan fingerprint density at radius 3 is 2.38 bits per heavy atom. The van der Waals surface area contributed by atoms with Crippen molar-refractivity contribution in [1.82, 2.24) is 0 Å². The highest BCUT2D eigenvalue weighted by molar-refractivity contribution is 5.30. The molecule has 0 amide bonds. The monoisotopic (exact) mass is 298 g/mol. The number of aliphatic hydroxyl groups excluding tert-OH is 1. The first-order valence-corrected chi connectivity index (χ1v) is 6.37. The molecule has 1 N–H and O–H groups in total. The quantitative estimate of drug-likeness (QED) is 0.831. The Balaban J connectivity index is 2.20. The Labute approximate surface area is 119 Å². The third-order valence-electron chi connectivity index (χ3n) is 3.19. The van der Waals surface area contributed by atoms with Gasteiger partial charge in [-0.25, -0.2) is 4.39 Å². The molecule has 5 heteroatoms. The summed E-state index contributed by atoms with van der Waals surface area (Å²) in [6.45, 7) is 1.90. The summed E-state index contributed by atoms with van der Waals surface area (Å²) in [5.41, 5.74) is 0.650. The number of hydrogen-bond donors (Lipinski definition) is 1. The smallest absolute Gasteiger partial charge is 0.388 e. The highest BCUT2D eigenvalue weighted by Gasteiger charge is 2.34. The van der Waals surface area contributed by atoms with Crippen LogP contribution in [0.5, 0.6) is 0 Å². The van der Waals surface area contributed by atoms with Crippen LogP contribution in [0.25, 0.3) is 0 Å². The van der Waals surface area contributed by atoms with Gasteiger partial charge >= 0.3 is 6.18 Å². The fourth-order valence-electron chi connectivity index (χ4n) is 2.15. The summed E-state index contributed by atoms with van der Waals surface area (Å²) in [6, 6.07) is 9.89. The van der Waals surface area contributed by atoms with Crippen LogP contribution < -0.4 is 0 Å². The molecule has 0 aliphatic rings. The van der Waals surface area contributed by atoms with E-state index in [2.05, 4.69) is 0 Å². The summed E-state index contributed by atoms with van der Waals surface area (Å²) in [6.07, 6.45) is -5.57. The first-order chi connectivity index (χ1) is 9.77. The summed E-state index contributed by atoms with van der Waals surface area (Å²) >= 11 is 0. The minimum Gasteiger partial charge on any atom is -0.388 e. The molecule has 0 bridgehead atoms. The minimum absolute atomic E-state index is 0.127. The maximum atomic E-state index is 13.5. The van der Waals surface area contributed by atoms with Gasteiger partial charge < -0.3 is 5.11 Å². The van der Waals surface area contributed by atoms with Crippen LogP contribution in [0.2, 0.25) is 0 Å². The molecule has 2 rings (SSSR count). The van der Waals surface area contributed by atoms with E-state index in [0.717, 1.165) is 23.3 Å². The van der Waals surface area contributed by atoms with Crippen molar-refractivity contribution < 1.29 is 22.7 Å². The summed E-state index contributed by atoms with van der Waals surface area (Å²) < 4.78 is 50.9. The molecule has 0 saturated carbocycles. The maximum absolute atomic E-state index is 13.5. The van der Waals surface area contributed by atoms with Crippen molar-refractivity contribution >= 4 is 0 Å². The second kappa shape index (κ2) is 5.85. The van der Waals surface area contributed by atoms with Crippen molar-refractivity contribution in [1.29, 1.82) is 0 Å². The molecule has 1 atom stereocenters. The molecule has 2 aromatic carbocycles. The van der Waals surface area contributed by atoms with E-state index >= 15 is 0 Å². The Kier molecular flexibility index (Phi) is 4.32. The summed E-state index contributed by atoms with van der Waals surface area (Å²) in [7, 11) is 0. The summed E-state index contributed by atoms with van der Waals surface area (Å²) in [4.78, 5) is 0. The van der Waals surface area contributed by atoms with E-state index in [9.17, 15) is 22.7 Å². The van der Waals surface area contributed by atoms with E-state index in [4.69, 9.17) is 0 Å². The SMILES string of the molecule is Cc1cccc(CC(O)c2ccc(C(F)(F)F)c(F)c2)c1. The topological polar surface area (TPSA) is 20.2 Å². The van der Waals surface area contributed by atoms with Gasteiger partial charge in [-0.3, -0.25) is 0 Å². The van der Waals surface area contributed by atoms with E-state index in [1.807, 2.05) is 25.1 Å². The first kappa shape index (κ1) is 15.5. The number of halogens is 4. The van der Waals surface area contributed by atoms with Gasteiger partial charge in [-0.05, 0) is 30.2 Å². The lowest BCUT2D eigenvalue weighted by Crippen LogP contribution is -2.10. The molecule has 2 aromatic rings. The van der Waals surface area contributed by atoms with Crippen molar-refractivity contribution in [3.8, 4) is 0 Å². The summed E-state index contributed by atoms with van der Waals surface area (Å²) in [5.74, 6) is -1.37. The zero-order chi connectivity index (χ0) is 15.6. The van der Waals surface area contributed by atoms with Crippen molar-refractivity contribution in [3.63, 3.8) is 0 Å². The van der Waals surface area contributed by atoms with E-state index < -0.39 is 23.7 Å². The van der Waals surface area contributed by atoms with Crippen LogP contribution in [0.3, 0.4) is 0 Å². The van der Waals surface area contributed by atoms with E-state index in [1.54, 1.807) is 6.07 Å². The number of alkyl halides is 3. The van der Waals surface area contributed by atoms with Gasteiger partial charge in [0.25, 0.3) is 0 Å². The molecule has 0 saturated heterocycles. The third kappa shape index (κ3) is 3.82. The molecule has 112 valence electrons. The molecule has 0 aliphatic heterocycles. The molecular weight excluding hydrogens is 284 g/mol. The van der Waals surface area contributed by atoms with Gasteiger partial charge in [0, 0.05) is 6.42 Å². The number of aliphatic hydroxyl groups is 1. The maximum Gasteiger partial charge on any atom is 0.419 e. The lowest BCUT2D eigenvalue weighted by atomic mass is 9.99. The van der Waals surface area contributed by atoms with Gasteiger partial charge in [0.15, 0.2) is 0 Å². The van der Waals surface area contributed by atoms with E-state index in [0.29, 0.717) is 6.07 Å². The molecule has 1 nitrogen and oxygen atoms in total. The highest BCUT2D eigenvalue weighted by atomic mass is 19.4.